The Hall–Kier alpha value is -2.59. The van der Waals surface area contributed by atoms with E-state index >= 15 is 0 Å². The molecular formula is C23H22BrNO2. The number of hydrogen-bond acceptors (Lipinski definition) is 2. The zero-order valence-electron chi connectivity index (χ0n) is 15.1. The molecule has 3 aromatic carbocycles. The lowest BCUT2D eigenvalue weighted by molar-refractivity contribution is -0.128. The standard InChI is InChI=1S/C23H22BrNO2/c1-2-21(27-20-11-7-4-8-12-20)23(26)25-22(17-9-5-3-6-10-17)18-13-15-19(24)16-14-18/h3-16,21-22H,2H2,1H3,(H,25,26)/t21-,22+/m0/s1. The van der Waals surface area contributed by atoms with E-state index < -0.39 is 6.10 Å². The van der Waals surface area contributed by atoms with Gasteiger partial charge >= 0.3 is 0 Å². The van der Waals surface area contributed by atoms with Crippen molar-refractivity contribution in [2.45, 2.75) is 25.5 Å². The molecule has 0 aliphatic rings. The van der Waals surface area contributed by atoms with Crippen LogP contribution in [0.3, 0.4) is 0 Å². The molecule has 1 amide bonds. The van der Waals surface area contributed by atoms with Crippen LogP contribution in [0.1, 0.15) is 30.5 Å². The van der Waals surface area contributed by atoms with Crippen molar-refractivity contribution >= 4 is 21.8 Å². The lowest BCUT2D eigenvalue weighted by Gasteiger charge is -2.24. The number of carbonyl (C=O) groups is 1. The van der Waals surface area contributed by atoms with Gasteiger partial charge in [-0.1, -0.05) is 83.5 Å². The third-order valence-electron chi connectivity index (χ3n) is 4.31. The van der Waals surface area contributed by atoms with E-state index in [0.717, 1.165) is 15.6 Å². The second-order valence-corrected chi connectivity index (χ2v) is 7.15. The lowest BCUT2D eigenvalue weighted by atomic mass is 9.98. The fourth-order valence-electron chi connectivity index (χ4n) is 2.88. The van der Waals surface area contributed by atoms with Crippen LogP contribution in [0, 0.1) is 0 Å². The van der Waals surface area contributed by atoms with Gasteiger partial charge in [0.1, 0.15) is 5.75 Å². The van der Waals surface area contributed by atoms with E-state index in [2.05, 4.69) is 21.2 Å². The Balaban J connectivity index is 1.82. The number of amides is 1. The minimum atomic E-state index is -0.547. The number of nitrogens with one attached hydrogen (secondary N) is 1. The SMILES string of the molecule is CC[C@H](Oc1ccccc1)C(=O)N[C@H](c1ccccc1)c1ccc(Br)cc1. The quantitative estimate of drug-likeness (QED) is 0.543. The topological polar surface area (TPSA) is 38.3 Å². The lowest BCUT2D eigenvalue weighted by Crippen LogP contribution is -2.40. The molecule has 27 heavy (non-hydrogen) atoms. The normalized spacial score (nSPS) is 12.8. The summed E-state index contributed by atoms with van der Waals surface area (Å²) < 4.78 is 6.90. The van der Waals surface area contributed by atoms with Crippen LogP contribution in [-0.2, 0) is 4.79 Å². The first-order valence-corrected chi connectivity index (χ1v) is 9.79. The molecule has 3 rings (SSSR count). The molecule has 0 unspecified atom stereocenters. The summed E-state index contributed by atoms with van der Waals surface area (Å²) in [5, 5.41) is 3.16. The van der Waals surface area contributed by atoms with Crippen LogP contribution in [0.15, 0.2) is 89.4 Å². The Morgan fingerprint density at radius 2 is 1.44 bits per heavy atom. The average molecular weight is 424 g/mol. The number of benzene rings is 3. The smallest absolute Gasteiger partial charge is 0.261 e. The number of ether oxygens (including phenoxy) is 1. The maximum Gasteiger partial charge on any atom is 0.261 e. The predicted octanol–water partition coefficient (Wildman–Crippen LogP) is 5.51. The molecule has 4 heteroatoms. The fraction of sp³-hybridized carbons (Fsp3) is 0.174. The van der Waals surface area contributed by atoms with Gasteiger partial charge in [-0.3, -0.25) is 4.79 Å². The summed E-state index contributed by atoms with van der Waals surface area (Å²) in [5.74, 6) is 0.567. The molecule has 3 nitrogen and oxygen atoms in total. The van der Waals surface area contributed by atoms with Crippen LogP contribution in [0.2, 0.25) is 0 Å². The second kappa shape index (κ2) is 9.38. The molecule has 1 N–H and O–H groups in total. The van der Waals surface area contributed by atoms with E-state index in [1.165, 1.54) is 0 Å². The van der Waals surface area contributed by atoms with E-state index in [4.69, 9.17) is 4.74 Å². The first kappa shape index (κ1) is 19.2. The van der Waals surface area contributed by atoms with Crippen molar-refractivity contribution in [3.63, 3.8) is 0 Å². The Kier molecular flexibility index (Phi) is 6.66. The summed E-state index contributed by atoms with van der Waals surface area (Å²) in [6.07, 6.45) is 0.0387. The van der Waals surface area contributed by atoms with Crippen LogP contribution < -0.4 is 10.1 Å². The van der Waals surface area contributed by atoms with Gasteiger partial charge in [0.15, 0.2) is 6.10 Å². The van der Waals surface area contributed by atoms with Crippen LogP contribution >= 0.6 is 15.9 Å². The van der Waals surface area contributed by atoms with Crippen LogP contribution in [0.25, 0.3) is 0 Å². The first-order valence-electron chi connectivity index (χ1n) is 9.00. The van der Waals surface area contributed by atoms with Crippen LogP contribution in [0.4, 0.5) is 0 Å². The number of para-hydroxylation sites is 1. The maximum atomic E-state index is 13.0. The minimum Gasteiger partial charge on any atom is -0.481 e. The van der Waals surface area contributed by atoms with Crippen molar-refractivity contribution in [2.24, 2.45) is 0 Å². The Morgan fingerprint density at radius 3 is 2.04 bits per heavy atom. The van der Waals surface area contributed by atoms with Gasteiger partial charge in [-0.15, -0.1) is 0 Å². The van der Waals surface area contributed by atoms with Crippen molar-refractivity contribution in [3.8, 4) is 5.75 Å². The summed E-state index contributed by atoms with van der Waals surface area (Å²) in [6, 6.07) is 27.2. The fourth-order valence-corrected chi connectivity index (χ4v) is 3.14. The third-order valence-corrected chi connectivity index (χ3v) is 4.84. The predicted molar refractivity (Wildman–Crippen MR) is 112 cm³/mol. The van der Waals surface area contributed by atoms with Gasteiger partial charge in [0.05, 0.1) is 6.04 Å². The molecule has 0 spiro atoms. The average Bonchev–Trinajstić information content (AvgIpc) is 2.72. The largest absolute Gasteiger partial charge is 0.481 e. The molecular weight excluding hydrogens is 402 g/mol. The van der Waals surface area contributed by atoms with Gasteiger partial charge in [0.25, 0.3) is 5.91 Å². The van der Waals surface area contributed by atoms with Gasteiger partial charge < -0.3 is 10.1 Å². The molecule has 0 heterocycles. The van der Waals surface area contributed by atoms with Gasteiger partial charge in [0.2, 0.25) is 0 Å². The molecule has 0 aliphatic heterocycles. The summed E-state index contributed by atoms with van der Waals surface area (Å²) in [7, 11) is 0. The Bertz CT molecular complexity index is 851. The van der Waals surface area contributed by atoms with Crippen molar-refractivity contribution < 1.29 is 9.53 Å². The molecule has 0 aromatic heterocycles. The Labute approximate surface area is 168 Å². The Morgan fingerprint density at radius 1 is 0.889 bits per heavy atom. The summed E-state index contributed by atoms with van der Waals surface area (Å²) in [4.78, 5) is 13.0. The van der Waals surface area contributed by atoms with Crippen molar-refractivity contribution in [1.82, 2.24) is 5.32 Å². The number of halogens is 1. The van der Waals surface area contributed by atoms with E-state index in [-0.39, 0.29) is 11.9 Å². The highest BCUT2D eigenvalue weighted by molar-refractivity contribution is 9.10. The maximum absolute atomic E-state index is 13.0. The van der Waals surface area contributed by atoms with E-state index in [9.17, 15) is 4.79 Å². The first-order chi connectivity index (χ1) is 13.2. The zero-order valence-corrected chi connectivity index (χ0v) is 16.7. The molecule has 0 saturated heterocycles. The van der Waals surface area contributed by atoms with Gasteiger partial charge in [-0.2, -0.15) is 0 Å². The monoisotopic (exact) mass is 423 g/mol. The van der Waals surface area contributed by atoms with E-state index in [1.807, 2.05) is 91.9 Å². The number of rotatable bonds is 7. The van der Waals surface area contributed by atoms with Crippen molar-refractivity contribution in [1.29, 1.82) is 0 Å². The molecule has 0 aliphatic carbocycles. The molecule has 0 saturated carbocycles. The number of hydrogen-bond donors (Lipinski definition) is 1. The molecule has 0 bridgehead atoms. The summed E-state index contributed by atoms with van der Waals surface area (Å²) in [6.45, 7) is 1.95. The molecule has 3 aromatic rings. The summed E-state index contributed by atoms with van der Waals surface area (Å²) in [5.41, 5.74) is 2.05. The van der Waals surface area contributed by atoms with E-state index in [0.29, 0.717) is 12.2 Å². The molecule has 0 fully saturated rings. The zero-order chi connectivity index (χ0) is 19.1. The van der Waals surface area contributed by atoms with Gasteiger partial charge in [-0.25, -0.2) is 0 Å². The number of carbonyl (C=O) groups excluding carboxylic acids is 1. The van der Waals surface area contributed by atoms with Crippen LogP contribution in [-0.4, -0.2) is 12.0 Å². The van der Waals surface area contributed by atoms with E-state index in [1.54, 1.807) is 0 Å². The highest BCUT2D eigenvalue weighted by Crippen LogP contribution is 2.24. The van der Waals surface area contributed by atoms with Gasteiger partial charge in [-0.05, 0) is 41.8 Å². The molecule has 0 radical (unpaired) electrons. The highest BCUT2D eigenvalue weighted by Gasteiger charge is 2.23. The van der Waals surface area contributed by atoms with Crippen LogP contribution in [0.5, 0.6) is 5.75 Å². The highest BCUT2D eigenvalue weighted by atomic mass is 79.9. The third kappa shape index (κ3) is 5.20. The van der Waals surface area contributed by atoms with Crippen molar-refractivity contribution in [2.75, 3.05) is 0 Å². The molecule has 138 valence electrons. The summed E-state index contributed by atoms with van der Waals surface area (Å²) >= 11 is 3.47. The van der Waals surface area contributed by atoms with Gasteiger partial charge in [0, 0.05) is 4.47 Å². The second-order valence-electron chi connectivity index (χ2n) is 6.23. The van der Waals surface area contributed by atoms with Crippen molar-refractivity contribution in [3.05, 3.63) is 101 Å². The minimum absolute atomic E-state index is 0.127. The molecule has 2 atom stereocenters.